The fourth-order valence-corrected chi connectivity index (χ4v) is 5.73. The number of pyridine rings is 2. The summed E-state index contributed by atoms with van der Waals surface area (Å²) < 4.78 is 8.22. The molecule has 5 rings (SSSR count). The van der Waals surface area contributed by atoms with Crippen LogP contribution in [0.2, 0.25) is 5.02 Å². The average Bonchev–Trinajstić information content (AvgIpc) is 3.42. The monoisotopic (exact) mass is 653 g/mol. The molecule has 1 aliphatic heterocycles. The number of primary amides is 1. The van der Waals surface area contributed by atoms with Crippen molar-refractivity contribution < 1.29 is 14.3 Å². The standard InChI is InChI=1S/C30H33BrClN7O3/c1-3-24-21(27(35-19-10-12-42-13-11-19)20-15-34-39(4-2)29(20)37-24)17-38(16-18-8-9-23(32)22(31)14-18)30(41)26-7-5-6-25(36-26)28(33)40/h5-9,14-15,19H,3-4,10-13,16-17H2,1-2H3,(H2,33,40)(H,35,37). The SMILES string of the molecule is CCc1nc2c(cnn2CC)c(NC2CCOCC2)c1CN(Cc1ccc(Cl)c(Br)c1)C(=O)c1cccc(C(N)=O)n1. The van der Waals surface area contributed by atoms with E-state index in [0.29, 0.717) is 31.2 Å². The maximum atomic E-state index is 14.1. The van der Waals surface area contributed by atoms with Gasteiger partial charge in [0, 0.05) is 48.1 Å². The summed E-state index contributed by atoms with van der Waals surface area (Å²) in [5.74, 6) is -1.04. The number of nitrogens with one attached hydrogen (secondary N) is 1. The number of ether oxygens (including phenoxy) is 1. The molecule has 4 heterocycles. The van der Waals surface area contributed by atoms with E-state index in [9.17, 15) is 9.59 Å². The van der Waals surface area contributed by atoms with E-state index in [2.05, 4.69) is 38.3 Å². The van der Waals surface area contributed by atoms with E-state index >= 15 is 0 Å². The average molecular weight is 655 g/mol. The smallest absolute Gasteiger partial charge is 0.273 e. The Morgan fingerprint density at radius 3 is 2.60 bits per heavy atom. The quantitative estimate of drug-likeness (QED) is 0.236. The van der Waals surface area contributed by atoms with E-state index in [0.717, 1.165) is 50.9 Å². The van der Waals surface area contributed by atoms with Crippen molar-refractivity contribution in [3.8, 4) is 0 Å². The van der Waals surface area contributed by atoms with Gasteiger partial charge in [0.15, 0.2) is 5.65 Å². The first-order valence-electron chi connectivity index (χ1n) is 14.0. The Labute approximate surface area is 257 Å². The third-order valence-electron chi connectivity index (χ3n) is 7.39. The van der Waals surface area contributed by atoms with E-state index in [1.807, 2.05) is 29.9 Å². The van der Waals surface area contributed by atoms with Crippen LogP contribution < -0.4 is 11.1 Å². The minimum absolute atomic E-state index is 0.0289. The number of benzene rings is 1. The van der Waals surface area contributed by atoms with Gasteiger partial charge in [-0.1, -0.05) is 30.7 Å². The Hall–Kier alpha value is -3.54. The van der Waals surface area contributed by atoms with Crippen LogP contribution in [-0.4, -0.2) is 55.7 Å². The summed E-state index contributed by atoms with van der Waals surface area (Å²) in [6.45, 7) is 6.68. The molecular weight excluding hydrogens is 622 g/mol. The number of aryl methyl sites for hydroxylation is 2. The first kappa shape index (κ1) is 29.9. The van der Waals surface area contributed by atoms with E-state index in [4.69, 9.17) is 27.1 Å². The molecule has 1 fully saturated rings. The largest absolute Gasteiger partial charge is 0.381 e. The summed E-state index contributed by atoms with van der Waals surface area (Å²) in [6, 6.07) is 10.5. The molecule has 0 atom stereocenters. The van der Waals surface area contributed by atoms with Crippen molar-refractivity contribution in [2.24, 2.45) is 5.73 Å². The van der Waals surface area contributed by atoms with Crippen LogP contribution in [0.4, 0.5) is 5.69 Å². The van der Waals surface area contributed by atoms with Crippen molar-refractivity contribution in [1.29, 1.82) is 0 Å². The molecule has 42 heavy (non-hydrogen) atoms. The fraction of sp³-hybridized carbons (Fsp3) is 0.367. The second kappa shape index (κ2) is 13.2. The number of aromatic nitrogens is 4. The molecule has 220 valence electrons. The van der Waals surface area contributed by atoms with Gasteiger partial charge in [0.1, 0.15) is 11.4 Å². The molecular formula is C30H33BrClN7O3. The summed E-state index contributed by atoms with van der Waals surface area (Å²) in [4.78, 5) is 37.0. The zero-order chi connectivity index (χ0) is 29.8. The third kappa shape index (κ3) is 6.43. The van der Waals surface area contributed by atoms with Crippen LogP contribution in [0.15, 0.2) is 47.1 Å². The molecule has 4 aromatic rings. The van der Waals surface area contributed by atoms with Crippen molar-refractivity contribution in [2.75, 3.05) is 18.5 Å². The van der Waals surface area contributed by atoms with Crippen molar-refractivity contribution in [2.45, 2.75) is 58.8 Å². The van der Waals surface area contributed by atoms with Gasteiger partial charge in [-0.25, -0.2) is 14.6 Å². The second-order valence-corrected chi connectivity index (χ2v) is 11.4. The molecule has 0 bridgehead atoms. The first-order valence-corrected chi connectivity index (χ1v) is 15.2. The molecule has 12 heteroatoms. The Bertz CT molecular complexity index is 1620. The number of nitrogens with zero attached hydrogens (tertiary/aromatic N) is 5. The first-order chi connectivity index (χ1) is 20.3. The lowest BCUT2D eigenvalue weighted by Crippen LogP contribution is -2.33. The number of amides is 2. The van der Waals surface area contributed by atoms with Gasteiger partial charge in [0.05, 0.1) is 28.8 Å². The molecule has 2 amide bonds. The van der Waals surface area contributed by atoms with Crippen LogP contribution in [0.25, 0.3) is 11.0 Å². The van der Waals surface area contributed by atoms with Crippen molar-refractivity contribution in [3.63, 3.8) is 0 Å². The molecule has 0 unspecified atom stereocenters. The van der Waals surface area contributed by atoms with Gasteiger partial charge in [-0.3, -0.25) is 9.59 Å². The summed E-state index contributed by atoms with van der Waals surface area (Å²) in [6.07, 6.45) is 4.25. The third-order valence-corrected chi connectivity index (χ3v) is 8.60. The number of hydrogen-bond acceptors (Lipinski definition) is 7. The predicted octanol–water partition coefficient (Wildman–Crippen LogP) is 5.36. The maximum absolute atomic E-state index is 14.1. The second-order valence-electron chi connectivity index (χ2n) is 10.2. The highest BCUT2D eigenvalue weighted by atomic mass is 79.9. The number of hydrogen-bond donors (Lipinski definition) is 2. The molecule has 0 spiro atoms. The van der Waals surface area contributed by atoms with Gasteiger partial charge in [0.25, 0.3) is 11.8 Å². The molecule has 1 saturated heterocycles. The minimum Gasteiger partial charge on any atom is -0.381 e. The molecule has 0 saturated carbocycles. The maximum Gasteiger partial charge on any atom is 0.273 e. The highest BCUT2D eigenvalue weighted by Gasteiger charge is 2.26. The van der Waals surface area contributed by atoms with Crippen LogP contribution in [0, 0.1) is 0 Å². The zero-order valence-electron chi connectivity index (χ0n) is 23.6. The Kier molecular flexibility index (Phi) is 9.40. The van der Waals surface area contributed by atoms with Gasteiger partial charge in [-0.05, 0) is 71.9 Å². The Morgan fingerprint density at radius 1 is 1.14 bits per heavy atom. The van der Waals surface area contributed by atoms with Crippen LogP contribution >= 0.6 is 27.5 Å². The number of halogens is 2. The lowest BCUT2D eigenvalue weighted by molar-refractivity contribution is 0.0723. The van der Waals surface area contributed by atoms with E-state index in [1.54, 1.807) is 23.1 Å². The van der Waals surface area contributed by atoms with Crippen LogP contribution in [-0.2, 0) is 30.8 Å². The number of rotatable bonds is 10. The molecule has 0 aliphatic carbocycles. The summed E-state index contributed by atoms with van der Waals surface area (Å²) in [5, 5.41) is 9.86. The van der Waals surface area contributed by atoms with E-state index in [1.165, 1.54) is 6.07 Å². The van der Waals surface area contributed by atoms with Crippen LogP contribution in [0.3, 0.4) is 0 Å². The predicted molar refractivity (Wildman–Crippen MR) is 166 cm³/mol. The van der Waals surface area contributed by atoms with Crippen molar-refractivity contribution in [3.05, 3.63) is 80.3 Å². The fourth-order valence-electron chi connectivity index (χ4n) is 5.18. The normalized spacial score (nSPS) is 13.8. The van der Waals surface area contributed by atoms with Gasteiger partial charge in [-0.15, -0.1) is 0 Å². The van der Waals surface area contributed by atoms with Crippen molar-refractivity contribution in [1.82, 2.24) is 24.6 Å². The summed E-state index contributed by atoms with van der Waals surface area (Å²) >= 11 is 9.76. The highest BCUT2D eigenvalue weighted by molar-refractivity contribution is 9.10. The number of nitrogens with two attached hydrogens (primary N) is 1. The number of carbonyl (C=O) groups is 2. The zero-order valence-corrected chi connectivity index (χ0v) is 25.9. The van der Waals surface area contributed by atoms with Crippen LogP contribution in [0.5, 0.6) is 0 Å². The minimum atomic E-state index is -0.698. The van der Waals surface area contributed by atoms with Gasteiger partial charge < -0.3 is 20.7 Å². The topological polar surface area (TPSA) is 128 Å². The Morgan fingerprint density at radius 2 is 1.90 bits per heavy atom. The Balaban J connectivity index is 1.62. The van der Waals surface area contributed by atoms with Gasteiger partial charge in [0.2, 0.25) is 0 Å². The molecule has 10 nitrogen and oxygen atoms in total. The molecule has 1 aliphatic rings. The van der Waals surface area contributed by atoms with Gasteiger partial charge in [-0.2, -0.15) is 5.10 Å². The van der Waals surface area contributed by atoms with Crippen molar-refractivity contribution >= 4 is 56.1 Å². The molecule has 1 aromatic carbocycles. The lowest BCUT2D eigenvalue weighted by Gasteiger charge is -2.29. The van der Waals surface area contributed by atoms with Gasteiger partial charge >= 0.3 is 0 Å². The molecule has 0 radical (unpaired) electrons. The van der Waals surface area contributed by atoms with E-state index < -0.39 is 5.91 Å². The summed E-state index contributed by atoms with van der Waals surface area (Å²) in [5.41, 5.74) is 10.0. The van der Waals surface area contributed by atoms with E-state index in [-0.39, 0.29) is 36.4 Å². The lowest BCUT2D eigenvalue weighted by atomic mass is 10.0. The number of anilines is 1. The molecule has 3 N–H and O–H groups in total. The molecule has 3 aromatic heterocycles. The van der Waals surface area contributed by atoms with Crippen LogP contribution in [0.1, 0.15) is 64.5 Å². The number of carbonyl (C=O) groups excluding carboxylic acids is 2. The summed E-state index contributed by atoms with van der Waals surface area (Å²) in [7, 11) is 0. The highest BCUT2D eigenvalue weighted by Crippen LogP contribution is 2.33. The number of fused-ring (bicyclic) bond motifs is 1.